The highest BCUT2D eigenvalue weighted by Crippen LogP contribution is 2.44. The Morgan fingerprint density at radius 1 is 0.933 bits per heavy atom. The van der Waals surface area contributed by atoms with Gasteiger partial charge in [0.25, 0.3) is 0 Å². The van der Waals surface area contributed by atoms with E-state index in [1.165, 1.54) is 22.3 Å². The Balaban J connectivity index is 1.26. The lowest BCUT2D eigenvalue weighted by Gasteiger charge is -2.14. The summed E-state index contributed by atoms with van der Waals surface area (Å²) < 4.78 is 5.55. The molecule has 4 nitrogen and oxygen atoms in total. The summed E-state index contributed by atoms with van der Waals surface area (Å²) in [7, 11) is 1.90. The Labute approximate surface area is 177 Å². The summed E-state index contributed by atoms with van der Waals surface area (Å²) in [6.45, 7) is 0.884. The minimum atomic E-state index is -0.372. The van der Waals surface area contributed by atoms with Crippen LogP contribution in [0.2, 0.25) is 0 Å². The van der Waals surface area contributed by atoms with Gasteiger partial charge in [-0.1, -0.05) is 72.8 Å². The van der Waals surface area contributed by atoms with Crippen LogP contribution in [0.15, 0.2) is 78.9 Å². The van der Waals surface area contributed by atoms with E-state index >= 15 is 0 Å². The molecule has 3 aromatic carbocycles. The molecule has 1 amide bonds. The van der Waals surface area contributed by atoms with Gasteiger partial charge in [-0.25, -0.2) is 4.79 Å². The third-order valence-corrected chi connectivity index (χ3v) is 5.43. The number of nitrogens with one attached hydrogen (secondary N) is 2. The first-order chi connectivity index (χ1) is 14.8. The summed E-state index contributed by atoms with van der Waals surface area (Å²) in [5.41, 5.74) is 7.13. The van der Waals surface area contributed by atoms with Gasteiger partial charge >= 0.3 is 6.09 Å². The van der Waals surface area contributed by atoms with E-state index in [1.54, 1.807) is 0 Å². The molecule has 4 heteroatoms. The topological polar surface area (TPSA) is 50.4 Å². The van der Waals surface area contributed by atoms with Crippen molar-refractivity contribution >= 4 is 17.9 Å². The summed E-state index contributed by atoms with van der Waals surface area (Å²) in [5.74, 6) is 0.0867. The zero-order valence-electron chi connectivity index (χ0n) is 17.1. The molecule has 0 unspecified atom stereocenters. The highest BCUT2D eigenvalue weighted by molar-refractivity contribution is 5.79. The highest BCUT2D eigenvalue weighted by atomic mass is 16.5. The molecular formula is C26H26N2O2. The molecule has 1 aliphatic carbocycles. The molecule has 0 atom stereocenters. The fourth-order valence-electron chi connectivity index (χ4n) is 3.89. The van der Waals surface area contributed by atoms with Crippen molar-refractivity contribution < 1.29 is 9.53 Å². The van der Waals surface area contributed by atoms with Crippen molar-refractivity contribution in [2.24, 2.45) is 0 Å². The molecule has 2 N–H and O–H groups in total. The highest BCUT2D eigenvalue weighted by Gasteiger charge is 2.28. The maximum atomic E-state index is 12.2. The third-order valence-electron chi connectivity index (χ3n) is 5.43. The zero-order chi connectivity index (χ0) is 20.8. The number of rotatable bonds is 7. The maximum Gasteiger partial charge on any atom is 0.407 e. The number of carbonyl (C=O) groups is 1. The minimum Gasteiger partial charge on any atom is -0.449 e. The smallest absolute Gasteiger partial charge is 0.407 e. The number of alkyl carbamates (subject to hydrolysis) is 1. The number of ether oxygens (including phenoxy) is 1. The van der Waals surface area contributed by atoms with Gasteiger partial charge < -0.3 is 15.4 Å². The first kappa shape index (κ1) is 19.8. The Morgan fingerprint density at radius 2 is 1.57 bits per heavy atom. The quantitative estimate of drug-likeness (QED) is 0.504. The SMILES string of the molecule is CNc1ccc(C=CCCNC(=O)OCC2c3ccccc3-c3ccccc32)cc1. The van der Waals surface area contributed by atoms with Crippen LogP contribution in [0.3, 0.4) is 0 Å². The van der Waals surface area contributed by atoms with Crippen LogP contribution >= 0.6 is 0 Å². The van der Waals surface area contributed by atoms with Gasteiger partial charge in [0, 0.05) is 25.2 Å². The van der Waals surface area contributed by atoms with Crippen LogP contribution in [0.1, 0.15) is 29.0 Å². The van der Waals surface area contributed by atoms with E-state index in [0.29, 0.717) is 13.2 Å². The lowest BCUT2D eigenvalue weighted by Crippen LogP contribution is -2.26. The Bertz CT molecular complexity index is 995. The summed E-state index contributed by atoms with van der Waals surface area (Å²) in [6.07, 6.45) is 4.48. The monoisotopic (exact) mass is 398 g/mol. The van der Waals surface area contributed by atoms with E-state index in [-0.39, 0.29) is 12.0 Å². The van der Waals surface area contributed by atoms with E-state index in [2.05, 4.69) is 59.2 Å². The second-order valence-corrected chi connectivity index (χ2v) is 7.32. The fourth-order valence-corrected chi connectivity index (χ4v) is 3.89. The molecular weight excluding hydrogens is 372 g/mol. The number of amides is 1. The average molecular weight is 399 g/mol. The first-order valence-electron chi connectivity index (χ1n) is 10.3. The van der Waals surface area contributed by atoms with Crippen molar-refractivity contribution in [3.63, 3.8) is 0 Å². The van der Waals surface area contributed by atoms with E-state index in [0.717, 1.165) is 17.7 Å². The van der Waals surface area contributed by atoms with Crippen molar-refractivity contribution in [2.45, 2.75) is 12.3 Å². The van der Waals surface area contributed by atoms with Crippen molar-refractivity contribution in [2.75, 3.05) is 25.5 Å². The Morgan fingerprint density at radius 3 is 2.20 bits per heavy atom. The standard InChI is InChI=1S/C26H26N2O2/c1-27-20-15-13-19(14-16-20)8-6-7-17-28-26(29)30-18-25-23-11-4-2-9-21(23)22-10-3-5-12-24(22)25/h2-6,8-16,25,27H,7,17-18H2,1H3,(H,28,29). The normalized spacial score (nSPS) is 12.4. The number of benzene rings is 3. The van der Waals surface area contributed by atoms with Gasteiger partial charge in [0.15, 0.2) is 0 Å². The van der Waals surface area contributed by atoms with E-state index in [4.69, 9.17) is 4.74 Å². The van der Waals surface area contributed by atoms with Crippen LogP contribution in [-0.4, -0.2) is 26.3 Å². The second-order valence-electron chi connectivity index (χ2n) is 7.32. The molecule has 0 spiro atoms. The van der Waals surface area contributed by atoms with Gasteiger partial charge in [0.05, 0.1) is 0 Å². The lowest BCUT2D eigenvalue weighted by molar-refractivity contribution is 0.143. The minimum absolute atomic E-state index is 0.0867. The van der Waals surface area contributed by atoms with Crippen molar-refractivity contribution in [1.82, 2.24) is 5.32 Å². The van der Waals surface area contributed by atoms with Gasteiger partial charge in [0.2, 0.25) is 0 Å². The van der Waals surface area contributed by atoms with Crippen molar-refractivity contribution in [1.29, 1.82) is 0 Å². The zero-order valence-corrected chi connectivity index (χ0v) is 17.1. The molecule has 0 heterocycles. The molecule has 30 heavy (non-hydrogen) atoms. The van der Waals surface area contributed by atoms with Crippen LogP contribution in [-0.2, 0) is 4.74 Å². The molecule has 0 fully saturated rings. The van der Waals surface area contributed by atoms with Gasteiger partial charge in [0.1, 0.15) is 6.61 Å². The van der Waals surface area contributed by atoms with Crippen LogP contribution in [0, 0.1) is 0 Å². The summed E-state index contributed by atoms with van der Waals surface area (Å²) in [6, 6.07) is 24.9. The third kappa shape index (κ3) is 4.38. The summed E-state index contributed by atoms with van der Waals surface area (Å²) >= 11 is 0. The predicted molar refractivity (Wildman–Crippen MR) is 123 cm³/mol. The van der Waals surface area contributed by atoms with E-state index in [1.807, 2.05) is 43.4 Å². The van der Waals surface area contributed by atoms with Crippen LogP contribution in [0.5, 0.6) is 0 Å². The number of hydrogen-bond donors (Lipinski definition) is 2. The molecule has 0 radical (unpaired) electrons. The molecule has 152 valence electrons. The van der Waals surface area contributed by atoms with Gasteiger partial charge in [-0.2, -0.15) is 0 Å². The van der Waals surface area contributed by atoms with Crippen LogP contribution in [0.25, 0.3) is 17.2 Å². The maximum absolute atomic E-state index is 12.2. The molecule has 0 saturated heterocycles. The molecule has 0 bridgehead atoms. The predicted octanol–water partition coefficient (Wildman–Crippen LogP) is 5.67. The molecule has 0 aliphatic heterocycles. The molecule has 1 aliphatic rings. The fraction of sp³-hybridized carbons (Fsp3) is 0.192. The van der Waals surface area contributed by atoms with Gasteiger partial charge in [-0.05, 0) is 46.4 Å². The molecule has 0 saturated carbocycles. The largest absolute Gasteiger partial charge is 0.449 e. The van der Waals surface area contributed by atoms with Crippen LogP contribution in [0.4, 0.5) is 10.5 Å². The molecule has 4 rings (SSSR count). The van der Waals surface area contributed by atoms with Gasteiger partial charge in [-0.15, -0.1) is 0 Å². The average Bonchev–Trinajstić information content (AvgIpc) is 3.12. The second kappa shape index (κ2) is 9.31. The molecule has 3 aromatic rings. The van der Waals surface area contributed by atoms with E-state index in [9.17, 15) is 4.79 Å². The number of hydrogen-bond acceptors (Lipinski definition) is 3. The van der Waals surface area contributed by atoms with Crippen molar-refractivity contribution in [3.8, 4) is 11.1 Å². The van der Waals surface area contributed by atoms with Crippen LogP contribution < -0.4 is 10.6 Å². The van der Waals surface area contributed by atoms with Crippen molar-refractivity contribution in [3.05, 3.63) is 95.6 Å². The number of fused-ring (bicyclic) bond motifs is 3. The lowest BCUT2D eigenvalue weighted by atomic mass is 9.98. The van der Waals surface area contributed by atoms with Gasteiger partial charge in [-0.3, -0.25) is 0 Å². The number of anilines is 1. The Hall–Kier alpha value is -3.53. The number of carbonyl (C=O) groups excluding carboxylic acids is 1. The first-order valence-corrected chi connectivity index (χ1v) is 10.3. The summed E-state index contributed by atoms with van der Waals surface area (Å²) in [4.78, 5) is 12.2. The Kier molecular flexibility index (Phi) is 6.14. The summed E-state index contributed by atoms with van der Waals surface area (Å²) in [5, 5.41) is 5.94. The molecule has 0 aromatic heterocycles. The van der Waals surface area contributed by atoms with E-state index < -0.39 is 0 Å².